The van der Waals surface area contributed by atoms with Crippen molar-refractivity contribution in [2.75, 3.05) is 19.9 Å². The van der Waals surface area contributed by atoms with Crippen molar-refractivity contribution in [2.24, 2.45) is 0 Å². The molecule has 0 aliphatic rings. The second-order valence-electron chi connectivity index (χ2n) is 4.07. The average molecular weight is 301 g/mol. The maximum absolute atomic E-state index is 11.7. The van der Waals surface area contributed by atoms with Crippen LogP contribution in [0.15, 0.2) is 29.2 Å². The van der Waals surface area contributed by atoms with Gasteiger partial charge in [0.15, 0.2) is 15.9 Å². The highest BCUT2D eigenvalue weighted by Gasteiger charge is 2.17. The quantitative estimate of drug-likeness (QED) is 0.760. The fourth-order valence-electron chi connectivity index (χ4n) is 1.41. The van der Waals surface area contributed by atoms with Crippen molar-refractivity contribution in [3.8, 4) is 0 Å². The molecule has 0 spiro atoms. The monoisotopic (exact) mass is 301 g/mol. The molecule has 0 aliphatic heterocycles. The summed E-state index contributed by atoms with van der Waals surface area (Å²) in [6.07, 6.45) is -0.0627. The number of hydrogen-bond acceptors (Lipinski definition) is 5. The van der Waals surface area contributed by atoms with Crippen molar-refractivity contribution in [3.05, 3.63) is 29.8 Å². The summed E-state index contributed by atoms with van der Waals surface area (Å²) in [5.41, 5.74) is 0.234. The molecule has 0 aromatic heterocycles. The first-order valence-electron chi connectivity index (χ1n) is 5.59. The van der Waals surface area contributed by atoms with Crippen LogP contribution >= 0.6 is 0 Å². The third kappa shape index (κ3) is 4.32. The number of carboxylic acids is 1. The van der Waals surface area contributed by atoms with Crippen LogP contribution in [0.2, 0.25) is 0 Å². The number of carbonyl (C=O) groups excluding carboxylic acids is 1. The normalized spacial score (nSPS) is 12.7. The number of nitrogens with one attached hydrogen (secondary N) is 1. The van der Waals surface area contributed by atoms with Crippen LogP contribution in [0, 0.1) is 0 Å². The first-order valence-corrected chi connectivity index (χ1v) is 7.48. The summed E-state index contributed by atoms with van der Waals surface area (Å²) >= 11 is 0. The molecule has 2 N–H and O–H groups in total. The molecule has 0 radical (unpaired) electrons. The van der Waals surface area contributed by atoms with Crippen LogP contribution in [0.5, 0.6) is 0 Å². The molecule has 1 atom stereocenters. The number of aliphatic carboxylic acids is 1. The number of carbonyl (C=O) groups is 2. The molecule has 1 amide bonds. The van der Waals surface area contributed by atoms with Crippen LogP contribution in [0.25, 0.3) is 0 Å². The Morgan fingerprint density at radius 2 is 1.85 bits per heavy atom. The molecule has 0 aliphatic carbocycles. The van der Waals surface area contributed by atoms with Crippen molar-refractivity contribution in [1.29, 1.82) is 0 Å². The van der Waals surface area contributed by atoms with Crippen molar-refractivity contribution in [2.45, 2.75) is 11.0 Å². The van der Waals surface area contributed by atoms with Gasteiger partial charge in [-0.05, 0) is 24.3 Å². The summed E-state index contributed by atoms with van der Waals surface area (Å²) in [5.74, 6) is -1.69. The third-order valence-electron chi connectivity index (χ3n) is 2.55. The van der Waals surface area contributed by atoms with E-state index in [0.717, 1.165) is 6.26 Å². The Morgan fingerprint density at radius 3 is 2.25 bits per heavy atom. The van der Waals surface area contributed by atoms with E-state index in [9.17, 15) is 18.0 Å². The number of sulfone groups is 1. The van der Waals surface area contributed by atoms with Crippen LogP contribution in [0.1, 0.15) is 10.4 Å². The Kier molecular flexibility index (Phi) is 5.23. The molecule has 0 saturated heterocycles. The first-order chi connectivity index (χ1) is 9.25. The predicted molar refractivity (Wildman–Crippen MR) is 70.3 cm³/mol. The molecule has 1 aromatic rings. The minimum absolute atomic E-state index is 0.106. The van der Waals surface area contributed by atoms with Gasteiger partial charge in [-0.15, -0.1) is 0 Å². The molecule has 7 nitrogen and oxygen atoms in total. The van der Waals surface area contributed by atoms with Gasteiger partial charge in [0.05, 0.1) is 11.4 Å². The van der Waals surface area contributed by atoms with E-state index in [1.165, 1.54) is 31.4 Å². The topological polar surface area (TPSA) is 110 Å². The maximum atomic E-state index is 11.7. The highest BCUT2D eigenvalue weighted by molar-refractivity contribution is 7.90. The summed E-state index contributed by atoms with van der Waals surface area (Å²) in [4.78, 5) is 22.5. The van der Waals surface area contributed by atoms with E-state index in [-0.39, 0.29) is 17.0 Å². The zero-order valence-corrected chi connectivity index (χ0v) is 11.8. The molecule has 0 heterocycles. The van der Waals surface area contributed by atoms with Gasteiger partial charge in [-0.3, -0.25) is 4.79 Å². The number of carboxylic acid groups (broad SMARTS) is 1. The zero-order chi connectivity index (χ0) is 15.3. The van der Waals surface area contributed by atoms with E-state index >= 15 is 0 Å². The van der Waals surface area contributed by atoms with E-state index in [2.05, 4.69) is 10.1 Å². The Hall–Kier alpha value is -1.93. The predicted octanol–water partition coefficient (Wildman–Crippen LogP) is -0.0805. The molecule has 1 unspecified atom stereocenters. The van der Waals surface area contributed by atoms with Gasteiger partial charge >= 0.3 is 5.97 Å². The number of ether oxygens (including phenoxy) is 1. The molecule has 20 heavy (non-hydrogen) atoms. The minimum Gasteiger partial charge on any atom is -0.479 e. The lowest BCUT2D eigenvalue weighted by Gasteiger charge is -2.11. The number of hydrogen-bond donors (Lipinski definition) is 2. The standard InChI is InChI=1S/C12H15NO6S/c1-19-10(12(15)16)7-13-11(14)8-3-5-9(6-4-8)20(2,17)18/h3-6,10H,7H2,1-2H3,(H,13,14)(H,15,16). The van der Waals surface area contributed by atoms with Crippen LogP contribution in [0.3, 0.4) is 0 Å². The highest BCUT2D eigenvalue weighted by atomic mass is 32.2. The molecule has 8 heteroatoms. The van der Waals surface area contributed by atoms with Gasteiger partial charge in [-0.1, -0.05) is 0 Å². The summed E-state index contributed by atoms with van der Waals surface area (Å²) in [6, 6.07) is 5.34. The largest absolute Gasteiger partial charge is 0.479 e. The smallest absolute Gasteiger partial charge is 0.334 e. The average Bonchev–Trinajstić information content (AvgIpc) is 2.38. The zero-order valence-electron chi connectivity index (χ0n) is 11.0. The number of amides is 1. The summed E-state index contributed by atoms with van der Waals surface area (Å²) in [6.45, 7) is -0.182. The maximum Gasteiger partial charge on any atom is 0.334 e. The SMILES string of the molecule is COC(CNC(=O)c1ccc(S(C)(=O)=O)cc1)C(=O)O. The van der Waals surface area contributed by atoms with Gasteiger partial charge in [0.2, 0.25) is 0 Å². The molecule has 0 saturated carbocycles. The lowest BCUT2D eigenvalue weighted by molar-refractivity contribution is -0.148. The van der Waals surface area contributed by atoms with Crippen LogP contribution in [0.4, 0.5) is 0 Å². The van der Waals surface area contributed by atoms with E-state index in [1.54, 1.807) is 0 Å². The minimum atomic E-state index is -3.32. The Bertz CT molecular complexity index is 593. The fraction of sp³-hybridized carbons (Fsp3) is 0.333. The summed E-state index contributed by atoms with van der Waals surface area (Å²) in [7, 11) is -2.09. The summed E-state index contributed by atoms with van der Waals surface area (Å²) < 4.78 is 27.2. The van der Waals surface area contributed by atoms with Crippen molar-refractivity contribution >= 4 is 21.7 Å². The van der Waals surface area contributed by atoms with Crippen LogP contribution in [-0.4, -0.2) is 51.4 Å². The van der Waals surface area contributed by atoms with E-state index < -0.39 is 27.8 Å². The first kappa shape index (κ1) is 16.1. The second-order valence-corrected chi connectivity index (χ2v) is 6.08. The molecule has 1 rings (SSSR count). The molecule has 1 aromatic carbocycles. The molecular weight excluding hydrogens is 286 g/mol. The van der Waals surface area contributed by atoms with Gasteiger partial charge in [0.25, 0.3) is 5.91 Å². The number of methoxy groups -OCH3 is 1. The van der Waals surface area contributed by atoms with Gasteiger partial charge < -0.3 is 15.2 Å². The lowest BCUT2D eigenvalue weighted by Crippen LogP contribution is -2.37. The van der Waals surface area contributed by atoms with Crippen LogP contribution in [-0.2, 0) is 19.4 Å². The Balaban J connectivity index is 2.72. The molecule has 110 valence electrons. The number of benzene rings is 1. The van der Waals surface area contributed by atoms with Crippen molar-refractivity contribution < 1.29 is 27.9 Å². The Labute approximate surface area is 116 Å². The molecule has 0 fully saturated rings. The lowest BCUT2D eigenvalue weighted by atomic mass is 10.2. The highest BCUT2D eigenvalue weighted by Crippen LogP contribution is 2.10. The van der Waals surface area contributed by atoms with Gasteiger partial charge in [0, 0.05) is 18.9 Å². The fourth-order valence-corrected chi connectivity index (χ4v) is 2.04. The summed E-state index contributed by atoms with van der Waals surface area (Å²) in [5, 5.41) is 11.1. The van der Waals surface area contributed by atoms with E-state index in [0.29, 0.717) is 0 Å². The van der Waals surface area contributed by atoms with Crippen LogP contribution < -0.4 is 5.32 Å². The van der Waals surface area contributed by atoms with Crippen molar-refractivity contribution in [1.82, 2.24) is 5.32 Å². The van der Waals surface area contributed by atoms with Gasteiger partial charge in [-0.25, -0.2) is 13.2 Å². The third-order valence-corrected chi connectivity index (χ3v) is 3.68. The van der Waals surface area contributed by atoms with E-state index in [4.69, 9.17) is 5.11 Å². The van der Waals surface area contributed by atoms with E-state index in [1.807, 2.05) is 0 Å². The molecular formula is C12H15NO6S. The van der Waals surface area contributed by atoms with Gasteiger partial charge in [-0.2, -0.15) is 0 Å². The van der Waals surface area contributed by atoms with Gasteiger partial charge in [0.1, 0.15) is 0 Å². The molecule has 0 bridgehead atoms. The number of rotatable bonds is 6. The Morgan fingerprint density at radius 1 is 1.30 bits per heavy atom. The second kappa shape index (κ2) is 6.49. The van der Waals surface area contributed by atoms with Crippen molar-refractivity contribution in [3.63, 3.8) is 0 Å².